The first-order chi connectivity index (χ1) is 16.5. The van der Waals surface area contributed by atoms with E-state index < -0.39 is 10.0 Å². The number of anilines is 1. The van der Waals surface area contributed by atoms with Crippen LogP contribution in [0.15, 0.2) is 59.8 Å². The summed E-state index contributed by atoms with van der Waals surface area (Å²) < 4.78 is 33.7. The number of nitrogens with zero attached hydrogens (tertiary/aromatic N) is 4. The first-order valence-electron chi connectivity index (χ1n) is 12.0. The molecule has 0 bridgehead atoms. The van der Waals surface area contributed by atoms with Gasteiger partial charge in [-0.3, -0.25) is 0 Å². The van der Waals surface area contributed by atoms with E-state index in [4.69, 9.17) is 4.74 Å². The molecule has 1 saturated heterocycles. The van der Waals surface area contributed by atoms with Crippen LogP contribution in [0.2, 0.25) is 0 Å². The van der Waals surface area contributed by atoms with Gasteiger partial charge in [0, 0.05) is 37.8 Å². The average Bonchev–Trinajstić information content (AvgIpc) is 2.89. The maximum absolute atomic E-state index is 13.3. The molecule has 0 radical (unpaired) electrons. The SMILES string of the molecule is CCOc1ccc(-c2cc(N3CCN(S(=O)(=O)c4ccc5c(c4)CCCC5)CC3)ncn2)cc1. The lowest BCUT2D eigenvalue weighted by atomic mass is 9.92. The van der Waals surface area contributed by atoms with Crippen LogP contribution in [0.5, 0.6) is 5.75 Å². The molecule has 2 heterocycles. The number of fused-ring (bicyclic) bond motifs is 1. The van der Waals surface area contributed by atoms with Crippen molar-refractivity contribution in [2.24, 2.45) is 0 Å². The van der Waals surface area contributed by atoms with Crippen molar-refractivity contribution < 1.29 is 13.2 Å². The molecule has 34 heavy (non-hydrogen) atoms. The highest BCUT2D eigenvalue weighted by Crippen LogP contribution is 2.28. The number of piperazine rings is 1. The highest BCUT2D eigenvalue weighted by Gasteiger charge is 2.29. The Kier molecular flexibility index (Phi) is 6.52. The summed E-state index contributed by atoms with van der Waals surface area (Å²) in [6.45, 7) is 4.63. The molecule has 1 aliphatic carbocycles. The van der Waals surface area contributed by atoms with Crippen LogP contribution in [0.1, 0.15) is 30.9 Å². The number of aromatic nitrogens is 2. The zero-order valence-corrected chi connectivity index (χ0v) is 20.3. The number of hydrogen-bond acceptors (Lipinski definition) is 6. The number of rotatable bonds is 6. The van der Waals surface area contributed by atoms with Crippen molar-refractivity contribution in [2.75, 3.05) is 37.7 Å². The predicted molar refractivity (Wildman–Crippen MR) is 133 cm³/mol. The van der Waals surface area contributed by atoms with Gasteiger partial charge < -0.3 is 9.64 Å². The third-order valence-electron chi connectivity index (χ3n) is 6.63. The van der Waals surface area contributed by atoms with Crippen molar-refractivity contribution in [3.63, 3.8) is 0 Å². The van der Waals surface area contributed by atoms with Crippen LogP contribution in [-0.2, 0) is 22.9 Å². The highest BCUT2D eigenvalue weighted by molar-refractivity contribution is 7.89. The molecule has 5 rings (SSSR count). The fourth-order valence-electron chi connectivity index (χ4n) is 4.74. The van der Waals surface area contributed by atoms with E-state index in [2.05, 4.69) is 14.9 Å². The standard InChI is InChI=1S/C26H30N4O3S/c1-2-33-23-10-7-21(8-11-23)25-18-26(28-19-27-25)29-13-15-30(16-14-29)34(31,32)24-12-9-20-5-3-4-6-22(20)17-24/h7-12,17-19H,2-6,13-16H2,1H3. The molecule has 2 aromatic carbocycles. The van der Waals surface area contributed by atoms with Crippen LogP contribution in [0.25, 0.3) is 11.3 Å². The van der Waals surface area contributed by atoms with Gasteiger partial charge in [-0.05, 0) is 80.1 Å². The maximum atomic E-state index is 13.3. The second kappa shape index (κ2) is 9.72. The van der Waals surface area contributed by atoms with Gasteiger partial charge in [0.2, 0.25) is 10.0 Å². The Morgan fingerprint density at radius 3 is 2.35 bits per heavy atom. The molecule has 1 fully saturated rings. The summed E-state index contributed by atoms with van der Waals surface area (Å²) in [6.07, 6.45) is 5.90. The molecular formula is C26H30N4O3S. The zero-order valence-electron chi connectivity index (χ0n) is 19.5. The van der Waals surface area contributed by atoms with E-state index in [-0.39, 0.29) is 0 Å². The zero-order chi connectivity index (χ0) is 23.5. The first-order valence-corrected chi connectivity index (χ1v) is 13.4. The molecule has 0 atom stereocenters. The van der Waals surface area contributed by atoms with E-state index in [9.17, 15) is 8.42 Å². The summed E-state index contributed by atoms with van der Waals surface area (Å²) in [5.41, 5.74) is 4.30. The van der Waals surface area contributed by atoms with Gasteiger partial charge in [-0.15, -0.1) is 0 Å². The summed E-state index contributed by atoms with van der Waals surface area (Å²) in [5.74, 6) is 1.64. The average molecular weight is 479 g/mol. The van der Waals surface area contributed by atoms with Crippen LogP contribution in [0, 0.1) is 0 Å². The number of hydrogen-bond donors (Lipinski definition) is 0. The minimum atomic E-state index is -3.50. The van der Waals surface area contributed by atoms with Crippen molar-refractivity contribution in [3.05, 3.63) is 66.0 Å². The Balaban J connectivity index is 1.27. The summed E-state index contributed by atoms with van der Waals surface area (Å²) in [5, 5.41) is 0. The van der Waals surface area contributed by atoms with E-state index in [1.165, 1.54) is 17.5 Å². The van der Waals surface area contributed by atoms with Gasteiger partial charge in [0.25, 0.3) is 0 Å². The quantitative estimate of drug-likeness (QED) is 0.534. The second-order valence-corrected chi connectivity index (χ2v) is 10.7. The molecule has 0 amide bonds. The molecular weight excluding hydrogens is 448 g/mol. The van der Waals surface area contributed by atoms with E-state index in [1.807, 2.05) is 49.4 Å². The Bertz CT molecular complexity index is 1250. The van der Waals surface area contributed by atoms with Crippen LogP contribution >= 0.6 is 0 Å². The Morgan fingerprint density at radius 1 is 0.882 bits per heavy atom. The Morgan fingerprint density at radius 2 is 1.62 bits per heavy atom. The third kappa shape index (κ3) is 4.65. The number of benzene rings is 2. The lowest BCUT2D eigenvalue weighted by molar-refractivity contribution is 0.340. The molecule has 0 unspecified atom stereocenters. The largest absolute Gasteiger partial charge is 0.494 e. The van der Waals surface area contributed by atoms with E-state index in [0.717, 1.165) is 42.1 Å². The third-order valence-corrected chi connectivity index (χ3v) is 8.53. The van der Waals surface area contributed by atoms with Crippen molar-refractivity contribution in [3.8, 4) is 17.0 Å². The second-order valence-electron chi connectivity index (χ2n) is 8.75. The molecule has 1 aromatic heterocycles. The van der Waals surface area contributed by atoms with Crippen LogP contribution in [0.3, 0.4) is 0 Å². The van der Waals surface area contributed by atoms with E-state index in [0.29, 0.717) is 37.7 Å². The minimum absolute atomic E-state index is 0.418. The minimum Gasteiger partial charge on any atom is -0.494 e. The predicted octanol–water partition coefficient (Wildman–Crippen LogP) is 3.93. The number of ether oxygens (including phenoxy) is 1. The fourth-order valence-corrected chi connectivity index (χ4v) is 6.22. The van der Waals surface area contributed by atoms with Gasteiger partial charge in [0.15, 0.2) is 0 Å². The fraction of sp³-hybridized carbons (Fsp3) is 0.385. The van der Waals surface area contributed by atoms with Crippen molar-refractivity contribution >= 4 is 15.8 Å². The molecule has 2 aliphatic rings. The molecule has 0 N–H and O–H groups in total. The van der Waals surface area contributed by atoms with Crippen molar-refractivity contribution in [2.45, 2.75) is 37.5 Å². The number of sulfonamides is 1. The highest BCUT2D eigenvalue weighted by atomic mass is 32.2. The molecule has 3 aromatic rings. The topological polar surface area (TPSA) is 75.6 Å². The van der Waals surface area contributed by atoms with Gasteiger partial charge in [-0.1, -0.05) is 6.07 Å². The Labute approximate surface area is 201 Å². The van der Waals surface area contributed by atoms with Gasteiger partial charge >= 0.3 is 0 Å². The van der Waals surface area contributed by atoms with Gasteiger partial charge in [0.05, 0.1) is 17.2 Å². The molecule has 8 heteroatoms. The lowest BCUT2D eigenvalue weighted by Crippen LogP contribution is -2.49. The molecule has 0 saturated carbocycles. The number of aryl methyl sites for hydroxylation is 2. The molecule has 1 aliphatic heterocycles. The van der Waals surface area contributed by atoms with E-state index in [1.54, 1.807) is 16.7 Å². The van der Waals surface area contributed by atoms with Gasteiger partial charge in [-0.2, -0.15) is 4.31 Å². The molecule has 178 valence electrons. The normalized spacial score (nSPS) is 16.8. The summed E-state index contributed by atoms with van der Waals surface area (Å²) in [7, 11) is -3.50. The van der Waals surface area contributed by atoms with Crippen LogP contribution in [-0.4, -0.2) is 55.5 Å². The maximum Gasteiger partial charge on any atom is 0.243 e. The van der Waals surface area contributed by atoms with Crippen LogP contribution in [0.4, 0.5) is 5.82 Å². The van der Waals surface area contributed by atoms with Crippen LogP contribution < -0.4 is 9.64 Å². The van der Waals surface area contributed by atoms with Gasteiger partial charge in [0.1, 0.15) is 17.9 Å². The van der Waals surface area contributed by atoms with Crippen molar-refractivity contribution in [1.82, 2.24) is 14.3 Å². The first kappa shape index (κ1) is 22.8. The summed E-state index contributed by atoms with van der Waals surface area (Å²) >= 11 is 0. The smallest absolute Gasteiger partial charge is 0.243 e. The molecule has 7 nitrogen and oxygen atoms in total. The molecule has 0 spiro atoms. The lowest BCUT2D eigenvalue weighted by Gasteiger charge is -2.34. The van der Waals surface area contributed by atoms with Gasteiger partial charge in [-0.25, -0.2) is 18.4 Å². The summed E-state index contributed by atoms with van der Waals surface area (Å²) in [6, 6.07) is 15.5. The van der Waals surface area contributed by atoms with Crippen molar-refractivity contribution in [1.29, 1.82) is 0 Å². The summed E-state index contributed by atoms with van der Waals surface area (Å²) in [4.78, 5) is 11.4. The van der Waals surface area contributed by atoms with E-state index >= 15 is 0 Å². The monoisotopic (exact) mass is 478 g/mol. The Hall–Kier alpha value is -2.97.